The lowest BCUT2D eigenvalue weighted by Crippen LogP contribution is -2.45. The van der Waals surface area contributed by atoms with E-state index >= 15 is 0 Å². The van der Waals surface area contributed by atoms with E-state index in [9.17, 15) is 14.7 Å². The molecule has 1 aromatic rings. The number of hydrogen-bond acceptors (Lipinski definition) is 4. The number of aliphatic hydroxyl groups excluding tert-OH is 1. The van der Waals surface area contributed by atoms with Crippen LogP contribution in [0.1, 0.15) is 25.3 Å². The smallest absolute Gasteiger partial charge is 0.330 e. The van der Waals surface area contributed by atoms with Crippen LogP contribution in [-0.4, -0.2) is 38.8 Å². The predicted octanol–water partition coefficient (Wildman–Crippen LogP) is -0.322. The Morgan fingerprint density at radius 1 is 1.35 bits per heavy atom. The van der Waals surface area contributed by atoms with E-state index in [0.717, 1.165) is 30.5 Å². The highest BCUT2D eigenvalue weighted by Gasteiger charge is 2.30. The van der Waals surface area contributed by atoms with Gasteiger partial charge in [-0.1, -0.05) is 6.92 Å². The minimum absolute atomic E-state index is 0.0931. The van der Waals surface area contributed by atoms with Crippen molar-refractivity contribution in [3.63, 3.8) is 0 Å². The van der Waals surface area contributed by atoms with Crippen LogP contribution in [0, 0.1) is 5.41 Å². The molecule has 6 heteroatoms. The molecule has 1 atom stereocenters. The minimum Gasteiger partial charge on any atom is -0.396 e. The highest BCUT2D eigenvalue weighted by Crippen LogP contribution is 2.29. The largest absolute Gasteiger partial charge is 0.396 e. The maximum absolute atomic E-state index is 12.1. The fourth-order valence-electron chi connectivity index (χ4n) is 2.92. The van der Waals surface area contributed by atoms with Crippen molar-refractivity contribution in [2.24, 2.45) is 19.5 Å². The second-order valence-corrected chi connectivity index (χ2v) is 6.19. The third-order valence-corrected chi connectivity index (χ3v) is 4.15. The molecule has 1 N–H and O–H groups in total. The van der Waals surface area contributed by atoms with E-state index in [-0.39, 0.29) is 23.3 Å². The van der Waals surface area contributed by atoms with Gasteiger partial charge in [0.15, 0.2) is 0 Å². The van der Waals surface area contributed by atoms with Crippen molar-refractivity contribution in [2.45, 2.75) is 26.3 Å². The van der Waals surface area contributed by atoms with Crippen LogP contribution >= 0.6 is 0 Å². The molecule has 0 radical (unpaired) electrons. The molecular formula is C14H23N3O3. The first-order valence-corrected chi connectivity index (χ1v) is 6.95. The van der Waals surface area contributed by atoms with E-state index in [4.69, 9.17) is 0 Å². The molecule has 6 nitrogen and oxygen atoms in total. The fourth-order valence-corrected chi connectivity index (χ4v) is 2.92. The summed E-state index contributed by atoms with van der Waals surface area (Å²) in [6.45, 7) is 4.44. The Bertz CT molecular complexity index is 605. The van der Waals surface area contributed by atoms with Crippen LogP contribution in [0.2, 0.25) is 0 Å². The van der Waals surface area contributed by atoms with E-state index < -0.39 is 0 Å². The number of aliphatic hydroxyl groups is 1. The topological polar surface area (TPSA) is 67.5 Å². The van der Waals surface area contributed by atoms with Gasteiger partial charge in [-0.15, -0.1) is 0 Å². The van der Waals surface area contributed by atoms with Gasteiger partial charge in [-0.25, -0.2) is 4.79 Å². The molecule has 0 aliphatic carbocycles. The first-order chi connectivity index (χ1) is 9.36. The zero-order chi connectivity index (χ0) is 14.9. The van der Waals surface area contributed by atoms with E-state index in [1.807, 2.05) is 0 Å². The molecule has 2 heterocycles. The van der Waals surface area contributed by atoms with Crippen molar-refractivity contribution in [3.05, 3.63) is 32.6 Å². The number of likely N-dealkylation sites (tertiary alicyclic amines) is 1. The Labute approximate surface area is 118 Å². The van der Waals surface area contributed by atoms with Gasteiger partial charge in [-0.3, -0.25) is 14.3 Å². The highest BCUT2D eigenvalue weighted by molar-refractivity contribution is 5.06. The maximum atomic E-state index is 12.1. The number of aryl methyl sites for hydroxylation is 1. The number of nitrogens with zero attached hydrogens (tertiary/aromatic N) is 3. The monoisotopic (exact) mass is 281 g/mol. The average molecular weight is 281 g/mol. The molecule has 1 fully saturated rings. The van der Waals surface area contributed by atoms with Crippen LogP contribution in [0.15, 0.2) is 15.8 Å². The van der Waals surface area contributed by atoms with Gasteiger partial charge in [-0.2, -0.15) is 0 Å². The molecule has 0 amide bonds. The number of hydrogen-bond donors (Lipinski definition) is 1. The van der Waals surface area contributed by atoms with Crippen molar-refractivity contribution < 1.29 is 5.11 Å². The van der Waals surface area contributed by atoms with Crippen LogP contribution in [0.4, 0.5) is 0 Å². The summed E-state index contributed by atoms with van der Waals surface area (Å²) in [5.74, 6) is 0. The van der Waals surface area contributed by atoms with Crippen molar-refractivity contribution in [3.8, 4) is 0 Å². The van der Waals surface area contributed by atoms with Crippen molar-refractivity contribution in [1.29, 1.82) is 0 Å². The molecule has 1 saturated heterocycles. The second-order valence-electron chi connectivity index (χ2n) is 6.19. The van der Waals surface area contributed by atoms with Gasteiger partial charge < -0.3 is 9.67 Å². The maximum Gasteiger partial charge on any atom is 0.330 e. The van der Waals surface area contributed by atoms with Crippen molar-refractivity contribution in [2.75, 3.05) is 19.7 Å². The third-order valence-electron chi connectivity index (χ3n) is 4.15. The molecule has 0 saturated carbocycles. The molecule has 2 rings (SSSR count). The van der Waals surface area contributed by atoms with Crippen LogP contribution in [-0.2, 0) is 20.6 Å². The van der Waals surface area contributed by atoms with E-state index in [1.54, 1.807) is 13.2 Å². The van der Waals surface area contributed by atoms with Gasteiger partial charge in [0.05, 0.1) is 0 Å². The van der Waals surface area contributed by atoms with Crippen molar-refractivity contribution in [1.82, 2.24) is 14.0 Å². The van der Waals surface area contributed by atoms with Crippen molar-refractivity contribution >= 4 is 0 Å². The summed E-state index contributed by atoms with van der Waals surface area (Å²) in [5.41, 5.74) is -0.0109. The molecule has 112 valence electrons. The first kappa shape index (κ1) is 15.0. The summed E-state index contributed by atoms with van der Waals surface area (Å²) in [7, 11) is 3.15. The molecule has 20 heavy (non-hydrogen) atoms. The molecule has 1 aliphatic heterocycles. The van der Waals surface area contributed by atoms with Crippen LogP contribution in [0.25, 0.3) is 0 Å². The van der Waals surface area contributed by atoms with Crippen LogP contribution in [0.5, 0.6) is 0 Å². The van der Waals surface area contributed by atoms with Gasteiger partial charge in [0.2, 0.25) is 0 Å². The number of piperidine rings is 1. The third kappa shape index (κ3) is 2.86. The molecule has 0 spiro atoms. The van der Waals surface area contributed by atoms with Gasteiger partial charge in [0.1, 0.15) is 0 Å². The normalized spacial score (nSPS) is 24.0. The summed E-state index contributed by atoms with van der Waals surface area (Å²) < 4.78 is 2.58. The van der Waals surface area contributed by atoms with E-state index in [2.05, 4.69) is 11.8 Å². The van der Waals surface area contributed by atoms with Crippen LogP contribution < -0.4 is 11.2 Å². The molecule has 1 unspecified atom stereocenters. The second kappa shape index (κ2) is 5.54. The summed E-state index contributed by atoms with van der Waals surface area (Å²) in [4.78, 5) is 26.0. The fraction of sp³-hybridized carbons (Fsp3) is 0.714. The number of aromatic nitrogens is 2. The van der Waals surface area contributed by atoms with Crippen LogP contribution in [0.3, 0.4) is 0 Å². The molecule has 1 aromatic heterocycles. The van der Waals surface area contributed by atoms with E-state index in [0.29, 0.717) is 12.1 Å². The van der Waals surface area contributed by atoms with Gasteiger partial charge in [0, 0.05) is 51.0 Å². The lowest BCUT2D eigenvalue weighted by Gasteiger charge is -2.39. The first-order valence-electron chi connectivity index (χ1n) is 6.95. The molecule has 0 aromatic carbocycles. The molecule has 1 aliphatic rings. The van der Waals surface area contributed by atoms with Gasteiger partial charge in [-0.05, 0) is 19.4 Å². The summed E-state index contributed by atoms with van der Waals surface area (Å²) in [6, 6.07) is 0. The Kier molecular flexibility index (Phi) is 4.15. The average Bonchev–Trinajstić information content (AvgIpc) is 2.42. The molecule has 0 bridgehead atoms. The summed E-state index contributed by atoms with van der Waals surface area (Å²) in [5, 5.41) is 9.48. The van der Waals surface area contributed by atoms with Gasteiger partial charge in [0.25, 0.3) is 5.56 Å². The zero-order valence-corrected chi connectivity index (χ0v) is 12.4. The zero-order valence-electron chi connectivity index (χ0n) is 12.4. The SMILES string of the molecule is Cn1cc(CN2CCCC(C)(CO)C2)c(=O)n(C)c1=O. The summed E-state index contributed by atoms with van der Waals surface area (Å²) >= 11 is 0. The summed E-state index contributed by atoms with van der Waals surface area (Å²) in [6.07, 6.45) is 3.64. The standard InChI is InChI=1S/C14H23N3O3/c1-14(10-18)5-4-6-17(9-14)8-11-7-15(2)13(20)16(3)12(11)19/h7,18H,4-6,8-10H2,1-3H3. The predicted molar refractivity (Wildman–Crippen MR) is 76.6 cm³/mol. The Morgan fingerprint density at radius 2 is 2.05 bits per heavy atom. The van der Waals surface area contributed by atoms with Gasteiger partial charge >= 0.3 is 5.69 Å². The quantitative estimate of drug-likeness (QED) is 0.824. The Hall–Kier alpha value is -1.40. The minimum atomic E-state index is -0.308. The lowest BCUT2D eigenvalue weighted by molar-refractivity contribution is 0.0426. The Morgan fingerprint density at radius 3 is 2.70 bits per heavy atom. The highest BCUT2D eigenvalue weighted by atomic mass is 16.3. The Balaban J connectivity index is 2.23. The number of rotatable bonds is 3. The lowest BCUT2D eigenvalue weighted by atomic mass is 9.83. The molecular weight excluding hydrogens is 258 g/mol. The van der Waals surface area contributed by atoms with E-state index in [1.165, 1.54) is 11.6 Å².